The third-order valence-electron chi connectivity index (χ3n) is 5.07. The molecule has 0 fully saturated rings. The van der Waals surface area contributed by atoms with E-state index in [2.05, 4.69) is 60.5 Å². The number of fused-ring (bicyclic) bond motifs is 1. The first-order valence-electron chi connectivity index (χ1n) is 9.26. The monoisotopic (exact) mass is 357 g/mol. The van der Waals surface area contributed by atoms with Crippen LogP contribution in [0.25, 0.3) is 0 Å². The largest absolute Gasteiger partial charge is 0.355 e. The summed E-state index contributed by atoms with van der Waals surface area (Å²) in [7, 11) is 0. The minimum Gasteiger partial charge on any atom is -0.355 e. The summed E-state index contributed by atoms with van der Waals surface area (Å²) in [6, 6.07) is 18.4. The smallest absolute Gasteiger partial charge is 0.272 e. The first-order chi connectivity index (χ1) is 13.1. The molecule has 27 heavy (non-hydrogen) atoms. The van der Waals surface area contributed by atoms with E-state index in [0.29, 0.717) is 12.2 Å². The fourth-order valence-electron chi connectivity index (χ4n) is 3.48. The summed E-state index contributed by atoms with van der Waals surface area (Å²) in [5, 5.41) is 3.42. The van der Waals surface area contributed by atoms with Crippen LogP contribution in [0.15, 0.2) is 60.8 Å². The van der Waals surface area contributed by atoms with Gasteiger partial charge in [0.25, 0.3) is 5.91 Å². The predicted molar refractivity (Wildman–Crippen MR) is 108 cm³/mol. The van der Waals surface area contributed by atoms with Crippen molar-refractivity contribution in [2.75, 3.05) is 11.9 Å². The lowest BCUT2D eigenvalue weighted by molar-refractivity contribution is 0.0729. The quantitative estimate of drug-likeness (QED) is 0.743. The van der Waals surface area contributed by atoms with Gasteiger partial charge in [-0.15, -0.1) is 0 Å². The zero-order valence-electron chi connectivity index (χ0n) is 15.7. The molecule has 0 saturated heterocycles. The van der Waals surface area contributed by atoms with Crippen molar-refractivity contribution in [3.63, 3.8) is 0 Å². The van der Waals surface area contributed by atoms with E-state index in [1.165, 1.54) is 16.7 Å². The van der Waals surface area contributed by atoms with Crippen molar-refractivity contribution < 1.29 is 4.79 Å². The molecular formula is C23H23N3O. The highest BCUT2D eigenvalue weighted by Crippen LogP contribution is 2.24. The molecule has 1 amide bonds. The molecule has 0 radical (unpaired) electrons. The molecule has 0 bridgehead atoms. The average molecular weight is 357 g/mol. The van der Waals surface area contributed by atoms with E-state index in [0.717, 1.165) is 29.9 Å². The van der Waals surface area contributed by atoms with Crippen LogP contribution in [0.4, 0.5) is 11.4 Å². The van der Waals surface area contributed by atoms with Crippen molar-refractivity contribution in [3.8, 4) is 0 Å². The van der Waals surface area contributed by atoms with Gasteiger partial charge in [0.15, 0.2) is 0 Å². The van der Waals surface area contributed by atoms with Crippen LogP contribution >= 0.6 is 0 Å². The average Bonchev–Trinajstić information content (AvgIpc) is 2.70. The zero-order valence-corrected chi connectivity index (χ0v) is 15.7. The fraction of sp³-hybridized carbons (Fsp3) is 0.217. The first-order valence-corrected chi connectivity index (χ1v) is 9.26. The number of nitrogens with zero attached hydrogens (tertiary/aromatic N) is 2. The summed E-state index contributed by atoms with van der Waals surface area (Å²) in [6.07, 6.45) is 2.58. The van der Waals surface area contributed by atoms with Crippen LogP contribution in [-0.4, -0.2) is 22.3 Å². The van der Waals surface area contributed by atoms with Crippen LogP contribution in [0, 0.1) is 13.8 Å². The molecule has 0 aliphatic carbocycles. The number of anilines is 2. The molecule has 3 aromatic rings. The first kappa shape index (κ1) is 17.3. The Hall–Kier alpha value is -3.14. The lowest BCUT2D eigenvalue weighted by Gasteiger charge is -2.28. The second kappa shape index (κ2) is 7.23. The summed E-state index contributed by atoms with van der Waals surface area (Å²) in [5.74, 6) is -0.0193. The normalized spacial score (nSPS) is 13.2. The molecule has 136 valence electrons. The van der Waals surface area contributed by atoms with Crippen LogP contribution in [0.5, 0.6) is 0 Å². The maximum absolute atomic E-state index is 13.0. The van der Waals surface area contributed by atoms with Crippen LogP contribution in [0.2, 0.25) is 0 Å². The second-order valence-electron chi connectivity index (χ2n) is 7.12. The Labute approximate surface area is 159 Å². The van der Waals surface area contributed by atoms with E-state index in [9.17, 15) is 4.79 Å². The lowest BCUT2D eigenvalue weighted by Crippen LogP contribution is -2.36. The predicted octanol–water partition coefficient (Wildman–Crippen LogP) is 4.64. The summed E-state index contributed by atoms with van der Waals surface area (Å²) < 4.78 is 0. The van der Waals surface area contributed by atoms with Crippen molar-refractivity contribution in [2.24, 2.45) is 0 Å². The molecule has 1 aliphatic rings. The minimum atomic E-state index is -0.0193. The van der Waals surface area contributed by atoms with E-state index >= 15 is 0 Å². The molecule has 1 aromatic heterocycles. The highest BCUT2D eigenvalue weighted by atomic mass is 16.2. The van der Waals surface area contributed by atoms with Gasteiger partial charge in [0, 0.05) is 30.7 Å². The van der Waals surface area contributed by atoms with Gasteiger partial charge in [-0.25, -0.2) is 0 Å². The number of rotatable bonds is 3. The van der Waals surface area contributed by atoms with Gasteiger partial charge >= 0.3 is 0 Å². The Morgan fingerprint density at radius 2 is 1.85 bits per heavy atom. The highest BCUT2D eigenvalue weighted by Gasteiger charge is 2.22. The van der Waals surface area contributed by atoms with Crippen molar-refractivity contribution in [3.05, 3.63) is 88.7 Å². The number of aromatic nitrogens is 1. The summed E-state index contributed by atoms with van der Waals surface area (Å²) in [6.45, 7) is 5.51. The number of aryl methyl sites for hydroxylation is 2. The summed E-state index contributed by atoms with van der Waals surface area (Å²) in [5.41, 5.74) is 7.32. The minimum absolute atomic E-state index is 0.0193. The number of amides is 1. The van der Waals surface area contributed by atoms with E-state index in [1.807, 2.05) is 23.1 Å². The zero-order chi connectivity index (χ0) is 18.8. The third kappa shape index (κ3) is 3.70. The van der Waals surface area contributed by atoms with E-state index < -0.39 is 0 Å². The molecule has 4 nitrogen and oxygen atoms in total. The number of pyridine rings is 1. The number of hydrogen-bond acceptors (Lipinski definition) is 3. The summed E-state index contributed by atoms with van der Waals surface area (Å²) >= 11 is 0. The Morgan fingerprint density at radius 3 is 2.70 bits per heavy atom. The standard InChI is InChI=1S/C23H23N3O/c1-16-7-8-17(2)21(13-16)25-20-9-11-24-22(14-20)23(27)26-12-10-18-5-3-4-6-19(18)15-26/h3-9,11,13-14H,10,12,15H2,1-2H3,(H,24,25). The Balaban J connectivity index is 1.54. The van der Waals surface area contributed by atoms with Crippen molar-refractivity contribution in [1.82, 2.24) is 9.88 Å². The Morgan fingerprint density at radius 1 is 1.04 bits per heavy atom. The molecule has 0 atom stereocenters. The molecule has 0 saturated carbocycles. The molecular weight excluding hydrogens is 334 g/mol. The second-order valence-corrected chi connectivity index (χ2v) is 7.12. The number of benzene rings is 2. The number of hydrogen-bond donors (Lipinski definition) is 1. The number of carbonyl (C=O) groups excluding carboxylic acids is 1. The molecule has 2 heterocycles. The molecule has 4 heteroatoms. The van der Waals surface area contributed by atoms with Crippen molar-refractivity contribution in [1.29, 1.82) is 0 Å². The van der Waals surface area contributed by atoms with Gasteiger partial charge in [-0.3, -0.25) is 9.78 Å². The molecule has 0 unspecified atom stereocenters. The molecule has 1 N–H and O–H groups in total. The molecule has 1 aliphatic heterocycles. The topological polar surface area (TPSA) is 45.2 Å². The summed E-state index contributed by atoms with van der Waals surface area (Å²) in [4.78, 5) is 19.2. The lowest BCUT2D eigenvalue weighted by atomic mass is 10.00. The Kier molecular flexibility index (Phi) is 4.63. The van der Waals surface area contributed by atoms with Gasteiger partial charge in [0.05, 0.1) is 0 Å². The van der Waals surface area contributed by atoms with Crippen LogP contribution in [0.1, 0.15) is 32.7 Å². The maximum Gasteiger partial charge on any atom is 0.272 e. The SMILES string of the molecule is Cc1ccc(C)c(Nc2ccnc(C(=O)N3CCc4ccccc4C3)c2)c1. The molecule has 2 aromatic carbocycles. The van der Waals surface area contributed by atoms with E-state index in [-0.39, 0.29) is 5.91 Å². The van der Waals surface area contributed by atoms with E-state index in [4.69, 9.17) is 0 Å². The van der Waals surface area contributed by atoms with Crippen molar-refractivity contribution >= 4 is 17.3 Å². The van der Waals surface area contributed by atoms with Crippen molar-refractivity contribution in [2.45, 2.75) is 26.8 Å². The van der Waals surface area contributed by atoms with Gasteiger partial charge in [-0.2, -0.15) is 0 Å². The Bertz CT molecular complexity index is 996. The maximum atomic E-state index is 13.0. The van der Waals surface area contributed by atoms with Crippen LogP contribution in [-0.2, 0) is 13.0 Å². The molecule has 4 rings (SSSR count). The highest BCUT2D eigenvalue weighted by molar-refractivity contribution is 5.93. The van der Waals surface area contributed by atoms with Crippen LogP contribution in [0.3, 0.4) is 0 Å². The van der Waals surface area contributed by atoms with Gasteiger partial charge in [-0.1, -0.05) is 36.4 Å². The molecule has 0 spiro atoms. The van der Waals surface area contributed by atoms with E-state index in [1.54, 1.807) is 6.20 Å². The van der Waals surface area contributed by atoms with Gasteiger partial charge in [0.2, 0.25) is 0 Å². The van der Waals surface area contributed by atoms with Crippen LogP contribution < -0.4 is 5.32 Å². The van der Waals surface area contributed by atoms with Gasteiger partial charge in [-0.05, 0) is 60.7 Å². The number of nitrogens with one attached hydrogen (secondary N) is 1. The van der Waals surface area contributed by atoms with Gasteiger partial charge < -0.3 is 10.2 Å². The fourth-order valence-corrected chi connectivity index (χ4v) is 3.48. The third-order valence-corrected chi connectivity index (χ3v) is 5.07. The van der Waals surface area contributed by atoms with Gasteiger partial charge in [0.1, 0.15) is 5.69 Å². The number of carbonyl (C=O) groups is 1.